The molecule has 0 amide bonds. The Hall–Kier alpha value is -6.36. The minimum Gasteiger partial charge on any atom is -0.455 e. The second-order valence-electron chi connectivity index (χ2n) is 12.9. The van der Waals surface area contributed by atoms with E-state index in [2.05, 4.69) is 179 Å². The van der Waals surface area contributed by atoms with Crippen LogP contribution < -0.4 is 4.90 Å². The summed E-state index contributed by atoms with van der Waals surface area (Å²) < 4.78 is 11.7. The fourth-order valence-corrected chi connectivity index (χ4v) is 9.03. The summed E-state index contributed by atoms with van der Waals surface area (Å²) in [4.78, 5) is 2.38. The predicted molar refractivity (Wildman–Crippen MR) is 213 cm³/mol. The number of furan rings is 1. The Balaban J connectivity index is 1.17. The van der Waals surface area contributed by atoms with Gasteiger partial charge in [0.2, 0.25) is 0 Å². The highest BCUT2D eigenvalue weighted by Gasteiger charge is 2.20. The molecule has 0 radical (unpaired) electrons. The number of anilines is 3. The lowest BCUT2D eigenvalue weighted by molar-refractivity contribution is 0.672. The van der Waals surface area contributed by atoms with Gasteiger partial charge in [0.25, 0.3) is 0 Å². The van der Waals surface area contributed by atoms with Gasteiger partial charge in [-0.2, -0.15) is 0 Å². The van der Waals surface area contributed by atoms with Crippen molar-refractivity contribution in [1.29, 1.82) is 0 Å². The first-order valence-electron chi connectivity index (χ1n) is 16.9. The maximum absolute atomic E-state index is 6.70. The molecule has 11 aromatic rings. The zero-order valence-corrected chi connectivity index (χ0v) is 27.7. The van der Waals surface area contributed by atoms with Crippen LogP contribution in [0, 0.1) is 0 Å². The average Bonchev–Trinajstić information content (AvgIpc) is 3.84. The number of nitrogens with zero attached hydrogens (tertiary/aromatic N) is 2. The van der Waals surface area contributed by atoms with Gasteiger partial charge in [-0.05, 0) is 72.1 Å². The lowest BCUT2D eigenvalue weighted by Crippen LogP contribution is -2.10. The molecule has 0 fully saturated rings. The van der Waals surface area contributed by atoms with Crippen LogP contribution in [-0.4, -0.2) is 4.57 Å². The molecule has 0 N–H and O–H groups in total. The van der Waals surface area contributed by atoms with Gasteiger partial charge in [-0.1, -0.05) is 97.1 Å². The van der Waals surface area contributed by atoms with E-state index < -0.39 is 0 Å². The van der Waals surface area contributed by atoms with Crippen molar-refractivity contribution in [2.75, 3.05) is 4.90 Å². The molecule has 8 aromatic carbocycles. The average molecular weight is 657 g/mol. The Morgan fingerprint density at radius 3 is 1.92 bits per heavy atom. The van der Waals surface area contributed by atoms with E-state index in [9.17, 15) is 0 Å². The summed E-state index contributed by atoms with van der Waals surface area (Å²) in [5.41, 5.74) is 8.54. The Kier molecular flexibility index (Phi) is 5.83. The SMILES string of the molecule is c1ccc(-n2c3ccccc3c3ccc(N(c4ccc5c(c4)oc4c6ccccc6ccc54)c4ccc5c(c4)sc4ccccc45)cc32)cc1. The van der Waals surface area contributed by atoms with Gasteiger partial charge in [0.05, 0.1) is 11.0 Å². The Morgan fingerprint density at radius 2 is 1.04 bits per heavy atom. The maximum Gasteiger partial charge on any atom is 0.143 e. The van der Waals surface area contributed by atoms with Gasteiger partial charge in [0.15, 0.2) is 0 Å². The molecule has 0 aliphatic carbocycles. The number of hydrogen-bond acceptors (Lipinski definition) is 3. The molecule has 3 aromatic heterocycles. The molecule has 0 saturated heterocycles. The molecule has 11 rings (SSSR count). The molecule has 0 bridgehead atoms. The van der Waals surface area contributed by atoms with Crippen molar-refractivity contribution in [3.63, 3.8) is 0 Å². The van der Waals surface area contributed by atoms with E-state index in [-0.39, 0.29) is 0 Å². The summed E-state index contributed by atoms with van der Waals surface area (Å²) in [6.45, 7) is 0. The summed E-state index contributed by atoms with van der Waals surface area (Å²) in [5, 5.41) is 9.63. The Bertz CT molecular complexity index is 3110. The highest BCUT2D eigenvalue weighted by atomic mass is 32.1. The van der Waals surface area contributed by atoms with Gasteiger partial charge in [-0.3, -0.25) is 0 Å². The van der Waals surface area contributed by atoms with E-state index in [4.69, 9.17) is 4.42 Å². The quantitative estimate of drug-likeness (QED) is 0.188. The third kappa shape index (κ3) is 4.03. The molecule has 0 atom stereocenters. The molecular weight excluding hydrogens is 629 g/mol. The van der Waals surface area contributed by atoms with Crippen molar-refractivity contribution in [3.05, 3.63) is 170 Å². The van der Waals surface area contributed by atoms with Crippen molar-refractivity contribution < 1.29 is 4.42 Å². The zero-order chi connectivity index (χ0) is 32.8. The molecule has 50 heavy (non-hydrogen) atoms. The van der Waals surface area contributed by atoms with E-state index in [1.54, 1.807) is 0 Å². The Morgan fingerprint density at radius 1 is 0.420 bits per heavy atom. The topological polar surface area (TPSA) is 21.3 Å². The number of rotatable bonds is 4. The largest absolute Gasteiger partial charge is 0.455 e. The van der Waals surface area contributed by atoms with Crippen LogP contribution in [0.1, 0.15) is 0 Å². The van der Waals surface area contributed by atoms with Crippen molar-refractivity contribution in [2.24, 2.45) is 0 Å². The van der Waals surface area contributed by atoms with Crippen molar-refractivity contribution in [3.8, 4) is 5.69 Å². The third-order valence-corrected chi connectivity index (χ3v) is 11.3. The summed E-state index contributed by atoms with van der Waals surface area (Å²) in [6.07, 6.45) is 0. The summed E-state index contributed by atoms with van der Waals surface area (Å²) >= 11 is 1.85. The van der Waals surface area contributed by atoms with Crippen LogP contribution in [0.2, 0.25) is 0 Å². The van der Waals surface area contributed by atoms with Crippen LogP contribution in [0.4, 0.5) is 17.1 Å². The van der Waals surface area contributed by atoms with E-state index in [1.807, 2.05) is 11.3 Å². The zero-order valence-electron chi connectivity index (χ0n) is 26.9. The second-order valence-corrected chi connectivity index (χ2v) is 14.0. The maximum atomic E-state index is 6.70. The van der Waals surface area contributed by atoms with Gasteiger partial charge < -0.3 is 13.9 Å². The smallest absolute Gasteiger partial charge is 0.143 e. The van der Waals surface area contributed by atoms with Crippen LogP contribution in [0.3, 0.4) is 0 Å². The molecule has 0 saturated carbocycles. The normalized spacial score (nSPS) is 12.0. The van der Waals surface area contributed by atoms with Crippen LogP contribution >= 0.6 is 11.3 Å². The van der Waals surface area contributed by atoms with Crippen LogP contribution in [0.5, 0.6) is 0 Å². The predicted octanol–water partition coefficient (Wildman–Crippen LogP) is 13.7. The highest BCUT2D eigenvalue weighted by molar-refractivity contribution is 7.25. The highest BCUT2D eigenvalue weighted by Crippen LogP contribution is 2.44. The van der Waals surface area contributed by atoms with E-state index in [0.29, 0.717) is 0 Å². The molecule has 234 valence electrons. The molecular formula is C46H28N2OS. The minimum absolute atomic E-state index is 0.876. The van der Waals surface area contributed by atoms with Crippen molar-refractivity contribution in [2.45, 2.75) is 0 Å². The number of benzene rings is 8. The van der Waals surface area contributed by atoms with E-state index >= 15 is 0 Å². The summed E-state index contributed by atoms with van der Waals surface area (Å²) in [7, 11) is 0. The minimum atomic E-state index is 0.876. The van der Waals surface area contributed by atoms with Crippen molar-refractivity contribution in [1.82, 2.24) is 4.57 Å². The van der Waals surface area contributed by atoms with Gasteiger partial charge in [-0.15, -0.1) is 11.3 Å². The molecule has 0 spiro atoms. The number of fused-ring (bicyclic) bond motifs is 11. The van der Waals surface area contributed by atoms with Gasteiger partial charge >= 0.3 is 0 Å². The van der Waals surface area contributed by atoms with Crippen molar-refractivity contribution >= 4 is 103 Å². The lowest BCUT2D eigenvalue weighted by atomic mass is 10.1. The second kappa shape index (κ2) is 10.6. The Labute approximate surface area is 291 Å². The summed E-state index contributed by atoms with van der Waals surface area (Å²) in [5.74, 6) is 0. The first kappa shape index (κ1) is 27.6. The molecule has 0 aliphatic rings. The van der Waals surface area contributed by atoms with Gasteiger partial charge in [0, 0.05) is 75.9 Å². The first-order chi connectivity index (χ1) is 24.8. The monoisotopic (exact) mass is 656 g/mol. The number of thiophene rings is 1. The lowest BCUT2D eigenvalue weighted by Gasteiger charge is -2.26. The fourth-order valence-electron chi connectivity index (χ4n) is 7.89. The summed E-state index contributed by atoms with van der Waals surface area (Å²) in [6, 6.07) is 61.3. The number of hydrogen-bond donors (Lipinski definition) is 0. The molecule has 0 aliphatic heterocycles. The molecule has 0 unspecified atom stereocenters. The number of aromatic nitrogens is 1. The van der Waals surface area contributed by atoms with E-state index in [1.165, 1.54) is 47.4 Å². The van der Waals surface area contributed by atoms with Crippen LogP contribution in [-0.2, 0) is 0 Å². The first-order valence-corrected chi connectivity index (χ1v) is 17.7. The van der Waals surface area contributed by atoms with Gasteiger partial charge in [0.1, 0.15) is 11.2 Å². The standard InChI is InChI=1S/C46H28N2OS/c1-2-11-30(12-3-1)48-41-16-8-6-14-35(41)36-23-19-31(26-42(36)48)47(33-21-25-39-38-15-7-9-17-44(38)50-45(39)28-33)32-20-24-37-40-22-18-29-10-4-5-13-34(29)46(40)49-43(37)27-32/h1-28H. The van der Waals surface area contributed by atoms with Gasteiger partial charge in [-0.25, -0.2) is 0 Å². The molecule has 4 heteroatoms. The molecule has 3 heterocycles. The number of para-hydroxylation sites is 2. The van der Waals surface area contributed by atoms with Crippen LogP contribution in [0.15, 0.2) is 174 Å². The molecule has 3 nitrogen and oxygen atoms in total. The van der Waals surface area contributed by atoms with E-state index in [0.717, 1.165) is 50.1 Å². The van der Waals surface area contributed by atoms with Crippen LogP contribution in [0.25, 0.3) is 80.4 Å². The fraction of sp³-hybridized carbons (Fsp3) is 0. The third-order valence-electron chi connectivity index (χ3n) is 10.2.